The molecule has 3 rings (SSSR count). The molecule has 0 aliphatic rings. The normalized spacial score (nSPS) is 12.7. The largest absolute Gasteiger partial charge is 0.374 e. The molecule has 21 heavy (non-hydrogen) atoms. The maximum absolute atomic E-state index is 11.9. The molecule has 0 spiro atoms. The summed E-state index contributed by atoms with van der Waals surface area (Å²) in [5, 5.41) is 14.4. The van der Waals surface area contributed by atoms with Gasteiger partial charge in [0.05, 0.1) is 11.1 Å². The predicted octanol–water partition coefficient (Wildman–Crippen LogP) is 2.48. The van der Waals surface area contributed by atoms with Gasteiger partial charge in [0.1, 0.15) is 6.23 Å². The van der Waals surface area contributed by atoms with Crippen molar-refractivity contribution < 1.29 is 9.90 Å². The lowest BCUT2D eigenvalue weighted by Crippen LogP contribution is -2.18. The highest BCUT2D eigenvalue weighted by Gasteiger charge is 2.18. The minimum atomic E-state index is -0.716. The first-order valence-corrected chi connectivity index (χ1v) is 6.77. The van der Waals surface area contributed by atoms with E-state index in [0.717, 1.165) is 27.4 Å². The lowest BCUT2D eigenvalue weighted by Gasteiger charge is -2.15. The highest BCUT2D eigenvalue weighted by Crippen LogP contribution is 2.33. The first-order chi connectivity index (χ1) is 9.99. The quantitative estimate of drug-likeness (QED) is 0.556. The molecule has 0 saturated carbocycles. The van der Waals surface area contributed by atoms with E-state index in [-0.39, 0.29) is 0 Å². The van der Waals surface area contributed by atoms with E-state index in [1.165, 1.54) is 0 Å². The summed E-state index contributed by atoms with van der Waals surface area (Å²) in [6, 6.07) is 9.75. The Labute approximate surface area is 121 Å². The van der Waals surface area contributed by atoms with Crippen LogP contribution >= 0.6 is 0 Å². The Morgan fingerprint density at radius 1 is 1.33 bits per heavy atom. The van der Waals surface area contributed by atoms with Gasteiger partial charge in [-0.1, -0.05) is 18.2 Å². The number of aromatic amines is 1. The zero-order valence-electron chi connectivity index (χ0n) is 11.9. The Bertz CT molecular complexity index is 849. The van der Waals surface area contributed by atoms with Crippen molar-refractivity contribution in [3.63, 3.8) is 0 Å². The summed E-state index contributed by atoms with van der Waals surface area (Å²) < 4.78 is 0. The number of anilines is 1. The van der Waals surface area contributed by atoms with Crippen molar-refractivity contribution in [1.82, 2.24) is 4.98 Å². The number of nitrogens with two attached hydrogens (primary N) is 1. The maximum atomic E-state index is 11.9. The number of hydrogen-bond acceptors (Lipinski definition) is 3. The van der Waals surface area contributed by atoms with Crippen LogP contribution in [0.2, 0.25) is 0 Å². The number of carbonyl (C=O) groups is 1. The van der Waals surface area contributed by atoms with E-state index in [1.807, 2.05) is 37.3 Å². The van der Waals surface area contributed by atoms with E-state index in [1.54, 1.807) is 6.92 Å². The molecule has 3 aromatic rings. The van der Waals surface area contributed by atoms with Gasteiger partial charge in [0.25, 0.3) is 5.91 Å². The fourth-order valence-corrected chi connectivity index (χ4v) is 2.77. The van der Waals surface area contributed by atoms with Gasteiger partial charge in [-0.25, -0.2) is 0 Å². The molecule has 5 heteroatoms. The highest BCUT2D eigenvalue weighted by atomic mass is 16.3. The van der Waals surface area contributed by atoms with E-state index in [2.05, 4.69) is 10.3 Å². The molecule has 1 amide bonds. The number of carbonyl (C=O) groups excluding carboxylic acids is 1. The Hall–Kier alpha value is -2.53. The van der Waals surface area contributed by atoms with Gasteiger partial charge in [-0.3, -0.25) is 4.79 Å². The Morgan fingerprint density at radius 3 is 2.71 bits per heavy atom. The molecule has 5 nitrogen and oxygen atoms in total. The van der Waals surface area contributed by atoms with Crippen LogP contribution in [0.3, 0.4) is 0 Å². The summed E-state index contributed by atoms with van der Waals surface area (Å²) in [7, 11) is 0. The van der Waals surface area contributed by atoms with Gasteiger partial charge in [-0.05, 0) is 31.5 Å². The fraction of sp³-hybridized carbons (Fsp3) is 0.188. The van der Waals surface area contributed by atoms with Gasteiger partial charge in [-0.2, -0.15) is 0 Å². The number of aromatic nitrogens is 1. The first kappa shape index (κ1) is 13.5. The Kier molecular flexibility index (Phi) is 3.07. The van der Waals surface area contributed by atoms with Crippen LogP contribution < -0.4 is 11.1 Å². The zero-order valence-corrected chi connectivity index (χ0v) is 11.9. The number of benzene rings is 2. The molecule has 108 valence electrons. The number of hydrogen-bond donors (Lipinski definition) is 4. The number of primary amides is 1. The van der Waals surface area contributed by atoms with E-state index in [0.29, 0.717) is 11.3 Å². The SMILES string of the molecule is Cc1c(NC(C)O)cc2c([nH]c3ccccc32)c1C(N)=O. The second kappa shape index (κ2) is 4.79. The smallest absolute Gasteiger partial charge is 0.251 e. The third kappa shape index (κ3) is 2.11. The average Bonchev–Trinajstić information content (AvgIpc) is 2.76. The molecule has 1 heterocycles. The topological polar surface area (TPSA) is 91.1 Å². The summed E-state index contributed by atoms with van der Waals surface area (Å²) >= 11 is 0. The second-order valence-electron chi connectivity index (χ2n) is 5.20. The van der Waals surface area contributed by atoms with Crippen molar-refractivity contribution in [2.24, 2.45) is 5.73 Å². The minimum Gasteiger partial charge on any atom is -0.374 e. The number of H-pyrrole nitrogens is 1. The van der Waals surface area contributed by atoms with Crippen molar-refractivity contribution in [1.29, 1.82) is 0 Å². The third-order valence-corrected chi connectivity index (χ3v) is 3.67. The van der Waals surface area contributed by atoms with Crippen LogP contribution in [-0.4, -0.2) is 22.2 Å². The molecule has 1 aromatic heterocycles. The minimum absolute atomic E-state index is 0.451. The first-order valence-electron chi connectivity index (χ1n) is 6.77. The maximum Gasteiger partial charge on any atom is 0.251 e. The molecule has 2 aromatic carbocycles. The number of aliphatic hydroxyl groups excluding tert-OH is 1. The third-order valence-electron chi connectivity index (χ3n) is 3.67. The number of fused-ring (bicyclic) bond motifs is 3. The van der Waals surface area contributed by atoms with Crippen molar-refractivity contribution >= 4 is 33.4 Å². The average molecular weight is 283 g/mol. The lowest BCUT2D eigenvalue weighted by atomic mass is 10.0. The van der Waals surface area contributed by atoms with Gasteiger partial charge in [0.2, 0.25) is 0 Å². The number of para-hydroxylation sites is 1. The zero-order chi connectivity index (χ0) is 15.1. The summed E-state index contributed by atoms with van der Waals surface area (Å²) in [4.78, 5) is 15.1. The summed E-state index contributed by atoms with van der Waals surface area (Å²) in [5.41, 5.74) is 9.11. The molecule has 0 aliphatic heterocycles. The molecule has 0 saturated heterocycles. The molecule has 1 unspecified atom stereocenters. The number of amides is 1. The van der Waals surface area contributed by atoms with Crippen LogP contribution in [0.25, 0.3) is 21.8 Å². The molecule has 1 atom stereocenters. The summed E-state index contributed by atoms with van der Waals surface area (Å²) in [6.07, 6.45) is -0.716. The molecule has 0 fully saturated rings. The number of nitrogens with one attached hydrogen (secondary N) is 2. The van der Waals surface area contributed by atoms with Crippen LogP contribution in [-0.2, 0) is 0 Å². The van der Waals surface area contributed by atoms with Crippen LogP contribution in [0.15, 0.2) is 30.3 Å². The van der Waals surface area contributed by atoms with E-state index in [4.69, 9.17) is 5.73 Å². The van der Waals surface area contributed by atoms with Crippen LogP contribution in [0.5, 0.6) is 0 Å². The van der Waals surface area contributed by atoms with Gasteiger partial charge in [-0.15, -0.1) is 0 Å². The number of rotatable bonds is 3. The summed E-state index contributed by atoms with van der Waals surface area (Å²) in [6.45, 7) is 3.44. The highest BCUT2D eigenvalue weighted by molar-refractivity contribution is 6.16. The van der Waals surface area contributed by atoms with Crippen molar-refractivity contribution in [2.45, 2.75) is 20.1 Å². The molecule has 5 N–H and O–H groups in total. The molecular weight excluding hydrogens is 266 g/mol. The fourth-order valence-electron chi connectivity index (χ4n) is 2.77. The van der Waals surface area contributed by atoms with Crippen LogP contribution in [0.1, 0.15) is 22.8 Å². The van der Waals surface area contributed by atoms with E-state index >= 15 is 0 Å². The molecular formula is C16H17N3O2. The Morgan fingerprint density at radius 2 is 2.05 bits per heavy atom. The molecule has 0 aliphatic carbocycles. The van der Waals surface area contributed by atoms with Crippen LogP contribution in [0.4, 0.5) is 5.69 Å². The monoisotopic (exact) mass is 283 g/mol. The van der Waals surface area contributed by atoms with Gasteiger partial charge in [0.15, 0.2) is 0 Å². The van der Waals surface area contributed by atoms with E-state index < -0.39 is 12.1 Å². The predicted molar refractivity (Wildman–Crippen MR) is 84.4 cm³/mol. The Balaban J connectivity index is 2.43. The van der Waals surface area contributed by atoms with Crippen molar-refractivity contribution in [3.8, 4) is 0 Å². The van der Waals surface area contributed by atoms with Crippen molar-refractivity contribution in [3.05, 3.63) is 41.5 Å². The van der Waals surface area contributed by atoms with Gasteiger partial charge in [0, 0.05) is 22.0 Å². The summed E-state index contributed by atoms with van der Waals surface area (Å²) in [5.74, 6) is -0.488. The van der Waals surface area contributed by atoms with Crippen LogP contribution in [0, 0.1) is 6.92 Å². The van der Waals surface area contributed by atoms with Gasteiger partial charge < -0.3 is 21.1 Å². The number of aliphatic hydroxyl groups is 1. The van der Waals surface area contributed by atoms with E-state index in [9.17, 15) is 9.90 Å². The second-order valence-corrected chi connectivity index (χ2v) is 5.20. The lowest BCUT2D eigenvalue weighted by molar-refractivity contribution is 0.100. The standard InChI is InChI=1S/C16H17N3O2/c1-8-13(18-9(2)20)7-11-10-5-3-4-6-12(10)19-15(11)14(8)16(17)21/h3-7,9,18-20H,1-2H3,(H2,17,21). The van der Waals surface area contributed by atoms with Crippen molar-refractivity contribution in [2.75, 3.05) is 5.32 Å². The molecule has 0 bridgehead atoms. The molecule has 0 radical (unpaired) electrons. The van der Waals surface area contributed by atoms with Gasteiger partial charge >= 0.3 is 0 Å².